The number of hydrogen-bond acceptors (Lipinski definition) is 4. The Morgan fingerprint density at radius 1 is 1.21 bits per heavy atom. The van der Waals surface area contributed by atoms with Crippen molar-refractivity contribution in [2.75, 3.05) is 5.73 Å². The average Bonchev–Trinajstić information content (AvgIpc) is 2.43. The summed E-state index contributed by atoms with van der Waals surface area (Å²) in [6.45, 7) is 2.03. The maximum Gasteiger partial charge on any atom is 0.128 e. The molecule has 0 aliphatic carbocycles. The maximum atomic E-state index is 5.96. The van der Waals surface area contributed by atoms with Crippen molar-refractivity contribution in [2.24, 2.45) is 5.84 Å². The number of hydrazine groups is 1. The van der Waals surface area contributed by atoms with Crippen LogP contribution in [0.4, 0.5) is 5.82 Å². The fraction of sp³-hybridized carbons (Fsp3) is 0.267. The zero-order chi connectivity index (χ0) is 13.7. The number of nitrogens with two attached hydrogens (primary N) is 2. The van der Waals surface area contributed by atoms with E-state index in [1.54, 1.807) is 6.20 Å². The number of aryl methyl sites for hydroxylation is 2. The predicted octanol–water partition coefficient (Wildman–Crippen LogP) is 2.11. The molecule has 1 unspecified atom stereocenters. The lowest BCUT2D eigenvalue weighted by molar-refractivity contribution is 0.514. The van der Waals surface area contributed by atoms with Crippen molar-refractivity contribution in [1.82, 2.24) is 10.4 Å². The van der Waals surface area contributed by atoms with Crippen LogP contribution in [0.3, 0.4) is 0 Å². The molecule has 1 aromatic carbocycles. The number of aromatic nitrogens is 1. The van der Waals surface area contributed by atoms with Gasteiger partial charge in [-0.25, -0.2) is 4.98 Å². The molecule has 0 saturated carbocycles. The average molecular weight is 256 g/mol. The van der Waals surface area contributed by atoms with E-state index in [2.05, 4.69) is 22.5 Å². The second kappa shape index (κ2) is 6.31. The summed E-state index contributed by atoms with van der Waals surface area (Å²) in [6.07, 6.45) is 3.56. The van der Waals surface area contributed by atoms with E-state index in [1.165, 1.54) is 5.56 Å². The van der Waals surface area contributed by atoms with Gasteiger partial charge in [-0.15, -0.1) is 0 Å². The Balaban J connectivity index is 2.12. The number of rotatable bonds is 5. The number of nitrogens with zero attached hydrogens (tertiary/aromatic N) is 1. The van der Waals surface area contributed by atoms with E-state index in [1.807, 2.05) is 31.2 Å². The Morgan fingerprint density at radius 3 is 2.58 bits per heavy atom. The highest BCUT2D eigenvalue weighted by Crippen LogP contribution is 2.25. The minimum Gasteiger partial charge on any atom is -0.383 e. The quantitative estimate of drug-likeness (QED) is 0.565. The molecule has 0 saturated heterocycles. The van der Waals surface area contributed by atoms with Gasteiger partial charge in [0.15, 0.2) is 0 Å². The first-order chi connectivity index (χ1) is 9.22. The Bertz CT molecular complexity index is 505. The topological polar surface area (TPSA) is 77.0 Å². The molecule has 4 heteroatoms. The maximum absolute atomic E-state index is 5.96. The molecule has 0 radical (unpaired) electrons. The largest absolute Gasteiger partial charge is 0.383 e. The van der Waals surface area contributed by atoms with Crippen LogP contribution in [0, 0.1) is 6.92 Å². The van der Waals surface area contributed by atoms with Crippen LogP contribution in [0.1, 0.15) is 29.2 Å². The van der Waals surface area contributed by atoms with Crippen LogP contribution >= 0.6 is 0 Å². The summed E-state index contributed by atoms with van der Waals surface area (Å²) in [7, 11) is 0. The molecule has 0 amide bonds. The van der Waals surface area contributed by atoms with Crippen LogP contribution in [-0.4, -0.2) is 4.98 Å². The zero-order valence-corrected chi connectivity index (χ0v) is 11.1. The molecule has 1 atom stereocenters. The van der Waals surface area contributed by atoms with Gasteiger partial charge < -0.3 is 5.73 Å². The standard InChI is InChI=1S/C15H20N4/c1-11-9-10-18-15(16)14(11)13(19-17)8-7-12-5-3-2-4-6-12/h2-6,9-10,13,19H,7-8,17H2,1H3,(H2,16,18). The third kappa shape index (κ3) is 3.30. The Morgan fingerprint density at radius 2 is 1.95 bits per heavy atom. The minimum atomic E-state index is 0.0221. The molecule has 1 heterocycles. The third-order valence-electron chi connectivity index (χ3n) is 3.35. The Kier molecular flexibility index (Phi) is 4.49. The van der Waals surface area contributed by atoms with Gasteiger partial charge in [0.05, 0.1) is 6.04 Å². The summed E-state index contributed by atoms with van der Waals surface area (Å²) < 4.78 is 0. The minimum absolute atomic E-state index is 0.0221. The first-order valence-electron chi connectivity index (χ1n) is 6.43. The Hall–Kier alpha value is -1.91. The first kappa shape index (κ1) is 13.5. The zero-order valence-electron chi connectivity index (χ0n) is 11.1. The summed E-state index contributed by atoms with van der Waals surface area (Å²) in [6, 6.07) is 12.3. The number of pyridine rings is 1. The summed E-state index contributed by atoms with van der Waals surface area (Å²) in [4.78, 5) is 4.15. The van der Waals surface area contributed by atoms with Crippen molar-refractivity contribution in [2.45, 2.75) is 25.8 Å². The second-order valence-electron chi connectivity index (χ2n) is 4.67. The van der Waals surface area contributed by atoms with Crippen molar-refractivity contribution in [3.05, 3.63) is 59.3 Å². The molecular formula is C15H20N4. The van der Waals surface area contributed by atoms with Crippen LogP contribution < -0.4 is 17.0 Å². The van der Waals surface area contributed by atoms with Gasteiger partial charge in [-0.05, 0) is 37.0 Å². The van der Waals surface area contributed by atoms with E-state index in [4.69, 9.17) is 11.6 Å². The van der Waals surface area contributed by atoms with Crippen molar-refractivity contribution in [3.8, 4) is 0 Å². The van der Waals surface area contributed by atoms with Crippen molar-refractivity contribution in [1.29, 1.82) is 0 Å². The molecule has 0 spiro atoms. The van der Waals surface area contributed by atoms with Gasteiger partial charge >= 0.3 is 0 Å². The lowest BCUT2D eigenvalue weighted by Gasteiger charge is -2.19. The molecule has 2 aromatic rings. The fourth-order valence-electron chi connectivity index (χ4n) is 2.31. The van der Waals surface area contributed by atoms with Gasteiger partial charge in [-0.1, -0.05) is 30.3 Å². The van der Waals surface area contributed by atoms with Crippen molar-refractivity contribution >= 4 is 5.82 Å². The van der Waals surface area contributed by atoms with Crippen molar-refractivity contribution in [3.63, 3.8) is 0 Å². The number of hydrogen-bond donors (Lipinski definition) is 3. The van der Waals surface area contributed by atoms with Gasteiger partial charge in [0.2, 0.25) is 0 Å². The fourth-order valence-corrected chi connectivity index (χ4v) is 2.31. The number of anilines is 1. The smallest absolute Gasteiger partial charge is 0.128 e. The van der Waals surface area contributed by atoms with Gasteiger partial charge in [0, 0.05) is 11.8 Å². The van der Waals surface area contributed by atoms with Crippen molar-refractivity contribution < 1.29 is 0 Å². The molecular weight excluding hydrogens is 236 g/mol. The predicted molar refractivity (Wildman–Crippen MR) is 78.2 cm³/mol. The normalized spacial score (nSPS) is 12.3. The van der Waals surface area contributed by atoms with E-state index >= 15 is 0 Å². The molecule has 0 fully saturated rings. The van der Waals surface area contributed by atoms with Gasteiger partial charge in [0.1, 0.15) is 5.82 Å². The van der Waals surface area contributed by atoms with Crippen LogP contribution in [0.2, 0.25) is 0 Å². The van der Waals surface area contributed by atoms with Gasteiger partial charge in [0.25, 0.3) is 0 Å². The molecule has 0 aliphatic rings. The van der Waals surface area contributed by atoms with Crippen LogP contribution in [-0.2, 0) is 6.42 Å². The molecule has 4 nitrogen and oxygen atoms in total. The van der Waals surface area contributed by atoms with E-state index in [9.17, 15) is 0 Å². The highest BCUT2D eigenvalue weighted by molar-refractivity contribution is 5.46. The summed E-state index contributed by atoms with van der Waals surface area (Å²) >= 11 is 0. The molecule has 5 N–H and O–H groups in total. The number of benzene rings is 1. The van der Waals surface area contributed by atoms with Crippen LogP contribution in [0.25, 0.3) is 0 Å². The molecule has 0 bridgehead atoms. The van der Waals surface area contributed by atoms with E-state index in [0.717, 1.165) is 24.0 Å². The molecule has 1 aromatic heterocycles. The van der Waals surface area contributed by atoms with Gasteiger partial charge in [-0.3, -0.25) is 11.3 Å². The molecule has 100 valence electrons. The second-order valence-corrected chi connectivity index (χ2v) is 4.67. The first-order valence-corrected chi connectivity index (χ1v) is 6.43. The highest BCUT2D eigenvalue weighted by atomic mass is 15.2. The SMILES string of the molecule is Cc1ccnc(N)c1C(CCc1ccccc1)NN. The lowest BCUT2D eigenvalue weighted by atomic mass is 9.97. The monoisotopic (exact) mass is 256 g/mol. The molecule has 19 heavy (non-hydrogen) atoms. The third-order valence-corrected chi connectivity index (χ3v) is 3.35. The van der Waals surface area contributed by atoms with Gasteiger partial charge in [-0.2, -0.15) is 0 Å². The molecule has 2 rings (SSSR count). The molecule has 0 aliphatic heterocycles. The summed E-state index contributed by atoms with van der Waals surface area (Å²) in [5.74, 6) is 6.23. The van der Waals surface area contributed by atoms with E-state index < -0.39 is 0 Å². The van der Waals surface area contributed by atoms with E-state index in [-0.39, 0.29) is 6.04 Å². The van der Waals surface area contributed by atoms with Crippen LogP contribution in [0.5, 0.6) is 0 Å². The Labute approximate surface area is 113 Å². The summed E-state index contributed by atoms with van der Waals surface area (Å²) in [5, 5.41) is 0. The number of nitrogen functional groups attached to an aromatic ring is 1. The summed E-state index contributed by atoms with van der Waals surface area (Å²) in [5.41, 5.74) is 12.2. The highest BCUT2D eigenvalue weighted by Gasteiger charge is 2.16. The lowest BCUT2D eigenvalue weighted by Crippen LogP contribution is -2.30. The van der Waals surface area contributed by atoms with E-state index in [0.29, 0.717) is 5.82 Å². The van der Waals surface area contributed by atoms with Crippen LogP contribution in [0.15, 0.2) is 42.6 Å². The number of nitrogens with one attached hydrogen (secondary N) is 1.